The van der Waals surface area contributed by atoms with Crippen molar-refractivity contribution in [2.75, 3.05) is 7.11 Å². The van der Waals surface area contributed by atoms with Crippen LogP contribution in [0.25, 0.3) is 16.9 Å². The Bertz CT molecular complexity index is 1040. The van der Waals surface area contributed by atoms with Crippen molar-refractivity contribution in [3.8, 4) is 17.0 Å². The summed E-state index contributed by atoms with van der Waals surface area (Å²) in [5.41, 5.74) is 3.32. The summed E-state index contributed by atoms with van der Waals surface area (Å²) < 4.78 is 7.26. The quantitative estimate of drug-likeness (QED) is 0.469. The van der Waals surface area contributed by atoms with Gasteiger partial charge < -0.3 is 4.74 Å². The van der Waals surface area contributed by atoms with E-state index in [1.54, 1.807) is 7.11 Å². The van der Waals surface area contributed by atoms with Crippen LogP contribution < -0.4 is 4.74 Å². The molecule has 0 saturated carbocycles. The molecular formula is C20H16N4O. The standard InChI is InChI=1S/C20H16N4O/c1-25-17-11-7-8-15(14-17)19-20(23-22-16-9-3-2-4-10-16)24-13-6-5-12-18(24)21-19/h2-14H,1H3. The Labute approximate surface area is 145 Å². The second-order valence-corrected chi connectivity index (χ2v) is 5.48. The number of ether oxygens (including phenoxy) is 1. The number of pyridine rings is 1. The van der Waals surface area contributed by atoms with Gasteiger partial charge in [-0.2, -0.15) is 0 Å². The van der Waals surface area contributed by atoms with Crippen molar-refractivity contribution < 1.29 is 4.74 Å². The van der Waals surface area contributed by atoms with E-state index >= 15 is 0 Å². The van der Waals surface area contributed by atoms with Gasteiger partial charge in [-0.3, -0.25) is 4.40 Å². The Kier molecular flexibility index (Phi) is 3.96. The van der Waals surface area contributed by atoms with Crippen molar-refractivity contribution in [3.63, 3.8) is 0 Å². The summed E-state index contributed by atoms with van der Waals surface area (Å²) >= 11 is 0. The summed E-state index contributed by atoms with van der Waals surface area (Å²) in [5, 5.41) is 8.84. The fourth-order valence-electron chi connectivity index (χ4n) is 2.64. The Morgan fingerprint density at radius 2 is 1.72 bits per heavy atom. The molecule has 0 bridgehead atoms. The lowest BCUT2D eigenvalue weighted by Gasteiger charge is -2.03. The number of aromatic nitrogens is 2. The zero-order valence-electron chi connectivity index (χ0n) is 13.7. The minimum Gasteiger partial charge on any atom is -0.497 e. The van der Waals surface area contributed by atoms with Crippen LogP contribution in [0.5, 0.6) is 5.75 Å². The Morgan fingerprint density at radius 3 is 2.56 bits per heavy atom. The van der Waals surface area contributed by atoms with Crippen LogP contribution in [0, 0.1) is 0 Å². The van der Waals surface area contributed by atoms with Gasteiger partial charge in [0.25, 0.3) is 0 Å². The van der Waals surface area contributed by atoms with Gasteiger partial charge in [-0.05, 0) is 36.4 Å². The summed E-state index contributed by atoms with van der Waals surface area (Å²) in [6, 6.07) is 23.3. The molecule has 0 amide bonds. The molecule has 122 valence electrons. The highest BCUT2D eigenvalue weighted by Crippen LogP contribution is 2.33. The predicted octanol–water partition coefficient (Wildman–Crippen LogP) is 5.43. The van der Waals surface area contributed by atoms with E-state index in [1.807, 2.05) is 83.4 Å². The molecule has 0 spiro atoms. The molecule has 25 heavy (non-hydrogen) atoms. The van der Waals surface area contributed by atoms with Gasteiger partial charge in [-0.15, -0.1) is 10.2 Å². The summed E-state index contributed by atoms with van der Waals surface area (Å²) in [4.78, 5) is 4.72. The van der Waals surface area contributed by atoms with Crippen LogP contribution in [0.1, 0.15) is 0 Å². The molecular weight excluding hydrogens is 312 g/mol. The average molecular weight is 328 g/mol. The van der Waals surface area contributed by atoms with E-state index in [0.717, 1.165) is 28.3 Å². The lowest BCUT2D eigenvalue weighted by Crippen LogP contribution is -1.84. The molecule has 0 aliphatic heterocycles. The number of imidazole rings is 1. The average Bonchev–Trinajstić information content (AvgIpc) is 3.06. The van der Waals surface area contributed by atoms with Gasteiger partial charge in [-0.25, -0.2) is 4.98 Å². The molecule has 0 fully saturated rings. The van der Waals surface area contributed by atoms with Gasteiger partial charge in [0, 0.05) is 11.8 Å². The number of benzene rings is 2. The molecule has 0 unspecified atom stereocenters. The number of fused-ring (bicyclic) bond motifs is 1. The SMILES string of the molecule is COc1cccc(-c2nc3ccccn3c2N=Nc2ccccc2)c1. The van der Waals surface area contributed by atoms with E-state index in [4.69, 9.17) is 9.72 Å². The fourth-order valence-corrected chi connectivity index (χ4v) is 2.64. The molecule has 2 aromatic carbocycles. The first-order chi connectivity index (χ1) is 12.3. The molecule has 0 radical (unpaired) electrons. The van der Waals surface area contributed by atoms with Crippen molar-refractivity contribution in [2.24, 2.45) is 10.2 Å². The maximum Gasteiger partial charge on any atom is 0.187 e. The zero-order chi connectivity index (χ0) is 17.1. The number of methoxy groups -OCH3 is 1. The van der Waals surface area contributed by atoms with Gasteiger partial charge in [0.15, 0.2) is 5.82 Å². The lowest BCUT2D eigenvalue weighted by molar-refractivity contribution is 0.415. The third-order valence-electron chi connectivity index (χ3n) is 3.86. The van der Waals surface area contributed by atoms with Crippen molar-refractivity contribution in [1.29, 1.82) is 0 Å². The summed E-state index contributed by atoms with van der Waals surface area (Å²) in [6.45, 7) is 0. The number of azo groups is 1. The Balaban J connectivity index is 1.87. The third-order valence-corrected chi connectivity index (χ3v) is 3.86. The molecule has 5 heteroatoms. The zero-order valence-corrected chi connectivity index (χ0v) is 13.7. The van der Waals surface area contributed by atoms with E-state index in [0.29, 0.717) is 5.82 Å². The molecule has 2 aromatic heterocycles. The number of rotatable bonds is 4. The molecule has 0 atom stereocenters. The normalized spacial score (nSPS) is 11.2. The van der Waals surface area contributed by atoms with Crippen LogP contribution in [0.15, 0.2) is 89.2 Å². The van der Waals surface area contributed by atoms with Crippen LogP contribution in [-0.2, 0) is 0 Å². The van der Waals surface area contributed by atoms with E-state index in [-0.39, 0.29) is 0 Å². The van der Waals surface area contributed by atoms with Gasteiger partial charge in [-0.1, -0.05) is 36.4 Å². The van der Waals surface area contributed by atoms with Crippen molar-refractivity contribution in [1.82, 2.24) is 9.38 Å². The van der Waals surface area contributed by atoms with Crippen LogP contribution in [-0.4, -0.2) is 16.5 Å². The predicted molar refractivity (Wildman–Crippen MR) is 97.8 cm³/mol. The lowest BCUT2D eigenvalue weighted by atomic mass is 10.1. The molecule has 0 N–H and O–H groups in total. The van der Waals surface area contributed by atoms with Gasteiger partial charge in [0.1, 0.15) is 17.1 Å². The first kappa shape index (κ1) is 15.1. The molecule has 5 nitrogen and oxygen atoms in total. The minimum atomic E-state index is 0.688. The van der Waals surface area contributed by atoms with Crippen LogP contribution >= 0.6 is 0 Å². The molecule has 0 saturated heterocycles. The second-order valence-electron chi connectivity index (χ2n) is 5.48. The second kappa shape index (κ2) is 6.57. The van der Waals surface area contributed by atoms with Crippen molar-refractivity contribution in [3.05, 3.63) is 79.0 Å². The molecule has 0 aliphatic rings. The highest BCUT2D eigenvalue weighted by Gasteiger charge is 2.14. The minimum absolute atomic E-state index is 0.688. The molecule has 4 rings (SSSR count). The van der Waals surface area contributed by atoms with E-state index in [2.05, 4.69) is 10.2 Å². The monoisotopic (exact) mass is 328 g/mol. The maximum atomic E-state index is 5.33. The Morgan fingerprint density at radius 1 is 0.880 bits per heavy atom. The number of hydrogen-bond donors (Lipinski definition) is 0. The fraction of sp³-hybridized carbons (Fsp3) is 0.0500. The highest BCUT2D eigenvalue weighted by atomic mass is 16.5. The topological polar surface area (TPSA) is 51.2 Å². The van der Waals surface area contributed by atoms with Crippen molar-refractivity contribution >= 4 is 17.2 Å². The summed E-state index contributed by atoms with van der Waals surface area (Å²) in [6.07, 6.45) is 1.94. The summed E-state index contributed by atoms with van der Waals surface area (Å²) in [5.74, 6) is 1.47. The maximum absolute atomic E-state index is 5.33. The Hall–Kier alpha value is -3.47. The van der Waals surface area contributed by atoms with E-state index in [9.17, 15) is 0 Å². The summed E-state index contributed by atoms with van der Waals surface area (Å²) in [7, 11) is 1.65. The molecule has 4 aromatic rings. The van der Waals surface area contributed by atoms with Crippen molar-refractivity contribution in [2.45, 2.75) is 0 Å². The number of hydrogen-bond acceptors (Lipinski definition) is 4. The highest BCUT2D eigenvalue weighted by molar-refractivity contribution is 5.75. The van der Waals surface area contributed by atoms with Crippen LogP contribution in [0.3, 0.4) is 0 Å². The van der Waals surface area contributed by atoms with E-state index in [1.165, 1.54) is 0 Å². The number of nitrogens with zero attached hydrogens (tertiary/aromatic N) is 4. The molecule has 2 heterocycles. The first-order valence-corrected chi connectivity index (χ1v) is 7.93. The first-order valence-electron chi connectivity index (χ1n) is 7.93. The van der Waals surface area contributed by atoms with Gasteiger partial charge in [0.05, 0.1) is 12.8 Å². The largest absolute Gasteiger partial charge is 0.497 e. The smallest absolute Gasteiger partial charge is 0.187 e. The molecule has 0 aliphatic carbocycles. The van der Waals surface area contributed by atoms with Gasteiger partial charge in [0.2, 0.25) is 0 Å². The van der Waals surface area contributed by atoms with Gasteiger partial charge >= 0.3 is 0 Å². The van der Waals surface area contributed by atoms with Crippen LogP contribution in [0.2, 0.25) is 0 Å². The van der Waals surface area contributed by atoms with Crippen LogP contribution in [0.4, 0.5) is 11.5 Å². The van der Waals surface area contributed by atoms with E-state index < -0.39 is 0 Å². The third kappa shape index (κ3) is 2.99.